The molecule has 0 saturated carbocycles. The number of methoxy groups -OCH3 is 1. The molecule has 27 heavy (non-hydrogen) atoms. The fourth-order valence-corrected chi connectivity index (χ4v) is 2.33. The van der Waals surface area contributed by atoms with Crippen LogP contribution in [0, 0.1) is 5.92 Å². The molecule has 0 aliphatic heterocycles. The Balaban J connectivity index is 2.29. The second-order valence-corrected chi connectivity index (χ2v) is 6.26. The lowest BCUT2D eigenvalue weighted by Gasteiger charge is -2.18. The van der Waals surface area contributed by atoms with Gasteiger partial charge in [0.25, 0.3) is 5.91 Å². The minimum atomic E-state index is -0.744. The molecule has 0 unspecified atom stereocenters. The van der Waals surface area contributed by atoms with E-state index in [1.807, 2.05) is 13.8 Å². The summed E-state index contributed by atoms with van der Waals surface area (Å²) in [6, 6.07) is 2.73. The molecule has 6 N–H and O–H groups in total. The van der Waals surface area contributed by atoms with E-state index >= 15 is 0 Å². The van der Waals surface area contributed by atoms with Crippen LogP contribution in [-0.2, 0) is 4.79 Å². The zero-order valence-electron chi connectivity index (χ0n) is 15.4. The van der Waals surface area contributed by atoms with Crippen molar-refractivity contribution >= 4 is 29.1 Å². The lowest BCUT2D eigenvalue weighted by Crippen LogP contribution is -2.37. The molecule has 0 spiro atoms. The van der Waals surface area contributed by atoms with Crippen LogP contribution < -0.4 is 26.8 Å². The van der Waals surface area contributed by atoms with Gasteiger partial charge in [0.1, 0.15) is 11.9 Å². The van der Waals surface area contributed by atoms with Gasteiger partial charge in [0.05, 0.1) is 25.2 Å². The molecular weight excluding hydrogens is 350 g/mol. The van der Waals surface area contributed by atoms with E-state index in [2.05, 4.69) is 25.6 Å². The highest BCUT2D eigenvalue weighted by Crippen LogP contribution is 2.21. The Bertz CT molecular complexity index is 809. The molecule has 2 rings (SSSR count). The molecule has 10 heteroatoms. The molecular formula is C17H23N7O3. The third kappa shape index (κ3) is 5.53. The van der Waals surface area contributed by atoms with Gasteiger partial charge in [-0.25, -0.2) is 15.0 Å². The van der Waals surface area contributed by atoms with Gasteiger partial charge in [0.2, 0.25) is 11.8 Å². The van der Waals surface area contributed by atoms with Crippen LogP contribution in [-0.4, -0.2) is 39.9 Å². The highest BCUT2D eigenvalue weighted by Gasteiger charge is 2.19. The van der Waals surface area contributed by atoms with E-state index in [4.69, 9.17) is 16.2 Å². The van der Waals surface area contributed by atoms with Gasteiger partial charge in [0.15, 0.2) is 11.5 Å². The van der Waals surface area contributed by atoms with Crippen molar-refractivity contribution in [3.8, 4) is 5.88 Å². The fourth-order valence-electron chi connectivity index (χ4n) is 2.33. The summed E-state index contributed by atoms with van der Waals surface area (Å²) < 4.78 is 5.00. The van der Waals surface area contributed by atoms with Gasteiger partial charge in [-0.1, -0.05) is 13.8 Å². The Kier molecular flexibility index (Phi) is 6.47. The SMILES string of the molecule is COc1ccc(Nc2nc(N[C@H](CC(C)C)C(N)=O)cnc2C(N)=O)cn1. The van der Waals surface area contributed by atoms with E-state index in [1.54, 1.807) is 12.1 Å². The number of hydrogen-bond acceptors (Lipinski definition) is 8. The van der Waals surface area contributed by atoms with E-state index in [1.165, 1.54) is 19.5 Å². The molecule has 1 atom stereocenters. The molecule has 0 saturated heterocycles. The number of pyridine rings is 1. The fraction of sp³-hybridized carbons (Fsp3) is 0.353. The van der Waals surface area contributed by atoms with E-state index < -0.39 is 17.9 Å². The van der Waals surface area contributed by atoms with Crippen LogP contribution in [0.25, 0.3) is 0 Å². The summed E-state index contributed by atoms with van der Waals surface area (Å²) in [6.07, 6.45) is 3.37. The maximum Gasteiger partial charge on any atom is 0.271 e. The van der Waals surface area contributed by atoms with Crippen LogP contribution >= 0.6 is 0 Å². The molecule has 0 aliphatic rings. The number of nitrogens with one attached hydrogen (secondary N) is 2. The second kappa shape index (κ2) is 8.79. The third-order valence-electron chi connectivity index (χ3n) is 3.59. The molecule has 0 fully saturated rings. The van der Waals surface area contributed by atoms with Gasteiger partial charge >= 0.3 is 0 Å². The number of nitrogens with zero attached hydrogens (tertiary/aromatic N) is 3. The Morgan fingerprint density at radius 3 is 2.44 bits per heavy atom. The maximum atomic E-state index is 11.7. The summed E-state index contributed by atoms with van der Waals surface area (Å²) in [5.41, 5.74) is 11.3. The monoisotopic (exact) mass is 373 g/mol. The zero-order chi connectivity index (χ0) is 20.0. The van der Waals surface area contributed by atoms with Crippen LogP contribution in [0.4, 0.5) is 17.3 Å². The van der Waals surface area contributed by atoms with Crippen LogP contribution in [0.3, 0.4) is 0 Å². The van der Waals surface area contributed by atoms with Crippen molar-refractivity contribution < 1.29 is 14.3 Å². The first kappa shape index (κ1) is 19.9. The highest BCUT2D eigenvalue weighted by atomic mass is 16.5. The molecule has 2 aromatic rings. The molecule has 0 aromatic carbocycles. The predicted molar refractivity (Wildman–Crippen MR) is 101 cm³/mol. The van der Waals surface area contributed by atoms with Gasteiger partial charge in [-0.05, 0) is 18.4 Å². The number of hydrogen-bond donors (Lipinski definition) is 4. The molecule has 0 radical (unpaired) electrons. The maximum absolute atomic E-state index is 11.7. The average molecular weight is 373 g/mol. The van der Waals surface area contributed by atoms with Crippen molar-refractivity contribution in [1.29, 1.82) is 0 Å². The van der Waals surface area contributed by atoms with E-state index in [0.29, 0.717) is 18.0 Å². The van der Waals surface area contributed by atoms with E-state index in [-0.39, 0.29) is 23.2 Å². The smallest absolute Gasteiger partial charge is 0.271 e. The summed E-state index contributed by atoms with van der Waals surface area (Å²) in [5, 5.41) is 5.88. The number of ether oxygens (including phenoxy) is 1. The number of carbonyl (C=O) groups excluding carboxylic acids is 2. The molecule has 0 bridgehead atoms. The number of aromatic nitrogens is 3. The first-order valence-electron chi connectivity index (χ1n) is 8.30. The number of nitrogens with two attached hydrogens (primary N) is 2. The normalized spacial score (nSPS) is 11.7. The molecule has 2 aromatic heterocycles. The summed E-state index contributed by atoms with van der Waals surface area (Å²) >= 11 is 0. The first-order chi connectivity index (χ1) is 12.8. The molecule has 0 aliphatic carbocycles. The largest absolute Gasteiger partial charge is 0.481 e. The van der Waals surface area contributed by atoms with Crippen molar-refractivity contribution in [3.05, 3.63) is 30.2 Å². The van der Waals surface area contributed by atoms with E-state index in [9.17, 15) is 9.59 Å². The number of carbonyl (C=O) groups is 2. The molecule has 2 heterocycles. The Labute approximate surface area is 156 Å². The van der Waals surface area contributed by atoms with Gasteiger partial charge in [-0.15, -0.1) is 0 Å². The molecule has 144 valence electrons. The van der Waals surface area contributed by atoms with Crippen LogP contribution in [0.5, 0.6) is 5.88 Å². The lowest BCUT2D eigenvalue weighted by atomic mass is 10.0. The molecule has 2 amide bonds. The van der Waals surface area contributed by atoms with Crippen molar-refractivity contribution in [2.24, 2.45) is 17.4 Å². The standard InChI is InChI=1S/C17H23N7O3/c1-9(2)6-11(15(18)25)23-12-8-21-14(16(19)26)17(24-12)22-10-4-5-13(27-3)20-7-10/h4-5,7-9,11H,6H2,1-3H3,(H2,18,25)(H2,19,26)(H2,22,23,24)/t11-/m1/s1. The Hall–Kier alpha value is -3.43. The van der Waals surface area contributed by atoms with Crippen molar-refractivity contribution in [2.45, 2.75) is 26.3 Å². The van der Waals surface area contributed by atoms with Crippen molar-refractivity contribution in [1.82, 2.24) is 15.0 Å². The highest BCUT2D eigenvalue weighted by molar-refractivity contribution is 5.96. The summed E-state index contributed by atoms with van der Waals surface area (Å²) in [7, 11) is 1.51. The summed E-state index contributed by atoms with van der Waals surface area (Å²) in [5.74, 6) is -0.142. The summed E-state index contributed by atoms with van der Waals surface area (Å²) in [6.45, 7) is 3.95. The quantitative estimate of drug-likeness (QED) is 0.507. The minimum Gasteiger partial charge on any atom is -0.481 e. The van der Waals surface area contributed by atoms with Gasteiger partial charge in [-0.2, -0.15) is 0 Å². The van der Waals surface area contributed by atoms with Crippen molar-refractivity contribution in [2.75, 3.05) is 17.7 Å². The lowest BCUT2D eigenvalue weighted by molar-refractivity contribution is -0.119. The van der Waals surface area contributed by atoms with Crippen LogP contribution in [0.1, 0.15) is 30.8 Å². The topological polar surface area (TPSA) is 158 Å². The third-order valence-corrected chi connectivity index (χ3v) is 3.59. The predicted octanol–water partition coefficient (Wildman–Crippen LogP) is 1.03. The number of amides is 2. The van der Waals surface area contributed by atoms with E-state index in [0.717, 1.165) is 0 Å². The Morgan fingerprint density at radius 2 is 1.93 bits per heavy atom. The number of rotatable bonds is 9. The second-order valence-electron chi connectivity index (χ2n) is 6.26. The van der Waals surface area contributed by atoms with Crippen molar-refractivity contribution in [3.63, 3.8) is 0 Å². The van der Waals surface area contributed by atoms with Crippen LogP contribution in [0.15, 0.2) is 24.5 Å². The molecule has 10 nitrogen and oxygen atoms in total. The number of anilines is 3. The Morgan fingerprint density at radius 1 is 1.19 bits per heavy atom. The summed E-state index contributed by atoms with van der Waals surface area (Å²) in [4.78, 5) is 35.7. The average Bonchev–Trinajstić information content (AvgIpc) is 2.61. The first-order valence-corrected chi connectivity index (χ1v) is 8.30. The van der Waals surface area contributed by atoms with Crippen LogP contribution in [0.2, 0.25) is 0 Å². The minimum absolute atomic E-state index is 0.0455. The van der Waals surface area contributed by atoms with Gasteiger partial charge in [-0.3, -0.25) is 9.59 Å². The van der Waals surface area contributed by atoms with Gasteiger partial charge < -0.3 is 26.8 Å². The zero-order valence-corrected chi connectivity index (χ0v) is 15.4. The number of primary amides is 2. The van der Waals surface area contributed by atoms with Gasteiger partial charge in [0, 0.05) is 6.07 Å².